The highest BCUT2D eigenvalue weighted by Crippen LogP contribution is 2.16. The van der Waals surface area contributed by atoms with E-state index in [4.69, 9.17) is 15.7 Å². The summed E-state index contributed by atoms with van der Waals surface area (Å²) in [4.78, 5) is 11.6. The molecule has 1 atom stereocenters. The van der Waals surface area contributed by atoms with Crippen LogP contribution in [-0.4, -0.2) is 30.2 Å². The van der Waals surface area contributed by atoms with Crippen LogP contribution in [0.1, 0.15) is 6.92 Å². The van der Waals surface area contributed by atoms with Crippen LogP contribution in [-0.2, 0) is 0 Å². The van der Waals surface area contributed by atoms with Gasteiger partial charge in [0.25, 0.3) is 0 Å². The summed E-state index contributed by atoms with van der Waals surface area (Å²) in [5, 5.41) is 16.4. The fourth-order valence-electron chi connectivity index (χ4n) is 1.23. The minimum Gasteiger partial charge on any atom is -0.497 e. The standard InChI is InChI=1S/C11H16N4O3/c1-7(10(12)15-17)13-11(16)14-8-4-3-5-9(6-8)18-2/h3-7,17H,1-2H3,(H2,12,15)(H2,13,14,16). The predicted octanol–water partition coefficient (Wildman–Crippen LogP) is 0.952. The maximum Gasteiger partial charge on any atom is 0.319 e. The van der Waals surface area contributed by atoms with E-state index in [1.165, 1.54) is 0 Å². The number of nitrogens with two attached hydrogens (primary N) is 1. The molecule has 7 nitrogen and oxygen atoms in total. The number of urea groups is 1. The average molecular weight is 252 g/mol. The first-order valence-corrected chi connectivity index (χ1v) is 5.25. The summed E-state index contributed by atoms with van der Waals surface area (Å²) in [7, 11) is 1.54. The zero-order chi connectivity index (χ0) is 13.5. The van der Waals surface area contributed by atoms with Gasteiger partial charge in [0.15, 0.2) is 5.84 Å². The molecule has 0 aliphatic rings. The van der Waals surface area contributed by atoms with E-state index in [1.54, 1.807) is 38.3 Å². The summed E-state index contributed by atoms with van der Waals surface area (Å²) in [5.41, 5.74) is 5.92. The first kappa shape index (κ1) is 13.6. The van der Waals surface area contributed by atoms with Crippen molar-refractivity contribution in [2.75, 3.05) is 12.4 Å². The van der Waals surface area contributed by atoms with Crippen molar-refractivity contribution in [3.63, 3.8) is 0 Å². The SMILES string of the molecule is COc1cccc(NC(=O)NC(C)/C(N)=N/O)c1. The number of oxime groups is 1. The van der Waals surface area contributed by atoms with Crippen molar-refractivity contribution >= 4 is 17.6 Å². The molecule has 0 aromatic heterocycles. The molecule has 1 aromatic rings. The Kier molecular flexibility index (Phi) is 4.79. The van der Waals surface area contributed by atoms with Crippen LogP contribution in [0.3, 0.4) is 0 Å². The average Bonchev–Trinajstić information content (AvgIpc) is 2.37. The number of hydrogen-bond donors (Lipinski definition) is 4. The van der Waals surface area contributed by atoms with Crippen LogP contribution in [0.25, 0.3) is 0 Å². The quantitative estimate of drug-likeness (QED) is 0.277. The molecule has 0 fully saturated rings. The van der Waals surface area contributed by atoms with Crippen LogP contribution in [0.2, 0.25) is 0 Å². The molecule has 0 spiro atoms. The highest BCUT2D eigenvalue weighted by molar-refractivity contribution is 5.94. The van der Waals surface area contributed by atoms with Crippen LogP contribution in [0, 0.1) is 0 Å². The molecule has 0 radical (unpaired) electrons. The number of nitrogens with zero attached hydrogens (tertiary/aromatic N) is 1. The van der Waals surface area contributed by atoms with E-state index < -0.39 is 12.1 Å². The minimum atomic E-state index is -0.569. The first-order chi connectivity index (χ1) is 8.56. The van der Waals surface area contributed by atoms with E-state index in [0.29, 0.717) is 11.4 Å². The first-order valence-electron chi connectivity index (χ1n) is 5.25. The van der Waals surface area contributed by atoms with Crippen LogP contribution >= 0.6 is 0 Å². The molecule has 0 heterocycles. The molecule has 7 heteroatoms. The van der Waals surface area contributed by atoms with Crippen LogP contribution < -0.4 is 21.1 Å². The van der Waals surface area contributed by atoms with Crippen molar-refractivity contribution in [2.45, 2.75) is 13.0 Å². The molecular formula is C11H16N4O3. The van der Waals surface area contributed by atoms with Gasteiger partial charge in [0.1, 0.15) is 5.75 Å². The van der Waals surface area contributed by atoms with Crippen molar-refractivity contribution in [1.82, 2.24) is 5.32 Å². The lowest BCUT2D eigenvalue weighted by Crippen LogP contribution is -2.44. The number of carbonyl (C=O) groups is 1. The van der Waals surface area contributed by atoms with Gasteiger partial charge in [-0.15, -0.1) is 0 Å². The third-order valence-electron chi connectivity index (χ3n) is 2.23. The molecule has 0 aliphatic heterocycles. The van der Waals surface area contributed by atoms with Gasteiger partial charge in [-0.25, -0.2) is 4.79 Å². The topological polar surface area (TPSA) is 109 Å². The van der Waals surface area contributed by atoms with Gasteiger partial charge in [-0.1, -0.05) is 11.2 Å². The molecule has 98 valence electrons. The van der Waals surface area contributed by atoms with Crippen molar-refractivity contribution in [1.29, 1.82) is 0 Å². The zero-order valence-corrected chi connectivity index (χ0v) is 10.2. The van der Waals surface area contributed by atoms with Crippen LogP contribution in [0.4, 0.5) is 10.5 Å². The number of benzene rings is 1. The lowest BCUT2D eigenvalue weighted by atomic mass is 10.3. The molecule has 5 N–H and O–H groups in total. The zero-order valence-electron chi connectivity index (χ0n) is 10.2. The highest BCUT2D eigenvalue weighted by atomic mass is 16.5. The Morgan fingerprint density at radius 3 is 2.89 bits per heavy atom. The third-order valence-corrected chi connectivity index (χ3v) is 2.23. The monoisotopic (exact) mass is 252 g/mol. The van der Waals surface area contributed by atoms with Gasteiger partial charge < -0.3 is 26.3 Å². The number of nitrogens with one attached hydrogen (secondary N) is 2. The van der Waals surface area contributed by atoms with Crippen molar-refractivity contribution in [3.05, 3.63) is 24.3 Å². The van der Waals surface area contributed by atoms with E-state index in [-0.39, 0.29) is 5.84 Å². The number of hydrogen-bond acceptors (Lipinski definition) is 4. The van der Waals surface area contributed by atoms with Gasteiger partial charge in [0.2, 0.25) is 0 Å². The number of amidine groups is 1. The maximum atomic E-state index is 11.6. The minimum absolute atomic E-state index is 0.0733. The highest BCUT2D eigenvalue weighted by Gasteiger charge is 2.11. The van der Waals surface area contributed by atoms with Gasteiger partial charge >= 0.3 is 6.03 Å². The normalized spacial score (nSPS) is 12.7. The molecule has 0 saturated heterocycles. The smallest absolute Gasteiger partial charge is 0.319 e. The number of ether oxygens (including phenoxy) is 1. The molecule has 0 bridgehead atoms. The second kappa shape index (κ2) is 6.33. The summed E-state index contributed by atoms with van der Waals surface area (Å²) in [6.45, 7) is 1.60. The van der Waals surface area contributed by atoms with Gasteiger partial charge in [-0.3, -0.25) is 0 Å². The molecule has 1 aromatic carbocycles. The Bertz CT molecular complexity index is 448. The van der Waals surface area contributed by atoms with E-state index >= 15 is 0 Å². The Balaban J connectivity index is 2.59. The van der Waals surface area contributed by atoms with E-state index in [2.05, 4.69) is 15.8 Å². The number of amides is 2. The second-order valence-electron chi connectivity index (χ2n) is 3.58. The summed E-state index contributed by atoms with van der Waals surface area (Å²) < 4.78 is 5.03. The van der Waals surface area contributed by atoms with Crippen molar-refractivity contribution in [3.8, 4) is 5.75 Å². The third kappa shape index (κ3) is 3.85. The molecule has 0 aliphatic carbocycles. The van der Waals surface area contributed by atoms with E-state index in [9.17, 15) is 4.79 Å². The van der Waals surface area contributed by atoms with Crippen molar-refractivity contribution < 1.29 is 14.7 Å². The van der Waals surface area contributed by atoms with Gasteiger partial charge in [-0.05, 0) is 19.1 Å². The van der Waals surface area contributed by atoms with Gasteiger partial charge in [0, 0.05) is 11.8 Å². The lowest BCUT2D eigenvalue weighted by molar-refractivity contribution is 0.251. The molecule has 1 unspecified atom stereocenters. The summed E-state index contributed by atoms with van der Waals surface area (Å²) >= 11 is 0. The lowest BCUT2D eigenvalue weighted by Gasteiger charge is -2.13. The number of methoxy groups -OCH3 is 1. The summed E-state index contributed by atoms with van der Waals surface area (Å²) in [6, 6.07) is 5.89. The second-order valence-corrected chi connectivity index (χ2v) is 3.58. The molecule has 0 saturated carbocycles. The largest absolute Gasteiger partial charge is 0.497 e. The summed E-state index contributed by atoms with van der Waals surface area (Å²) in [6.07, 6.45) is 0. The predicted molar refractivity (Wildman–Crippen MR) is 68.0 cm³/mol. The Morgan fingerprint density at radius 2 is 2.28 bits per heavy atom. The Hall–Kier alpha value is -2.44. The fourth-order valence-corrected chi connectivity index (χ4v) is 1.23. The Labute approximate surface area is 105 Å². The van der Waals surface area contributed by atoms with Crippen LogP contribution in [0.15, 0.2) is 29.4 Å². The molecule has 2 amide bonds. The Morgan fingerprint density at radius 1 is 1.56 bits per heavy atom. The van der Waals surface area contributed by atoms with E-state index in [0.717, 1.165) is 0 Å². The van der Waals surface area contributed by atoms with E-state index in [1.807, 2.05) is 0 Å². The number of carbonyl (C=O) groups excluding carboxylic acids is 1. The molecule has 1 rings (SSSR count). The number of anilines is 1. The van der Waals surface area contributed by atoms with Crippen molar-refractivity contribution in [2.24, 2.45) is 10.9 Å². The molecule has 18 heavy (non-hydrogen) atoms. The van der Waals surface area contributed by atoms with Gasteiger partial charge in [0.05, 0.1) is 13.2 Å². The van der Waals surface area contributed by atoms with Crippen LogP contribution in [0.5, 0.6) is 5.75 Å². The number of rotatable bonds is 4. The fraction of sp³-hybridized carbons (Fsp3) is 0.273. The molecular weight excluding hydrogens is 236 g/mol. The van der Waals surface area contributed by atoms with Gasteiger partial charge in [-0.2, -0.15) is 0 Å². The summed E-state index contributed by atoms with van der Waals surface area (Å²) in [5.74, 6) is 0.563. The maximum absolute atomic E-state index is 11.6.